The van der Waals surface area contributed by atoms with Gasteiger partial charge in [0.15, 0.2) is 0 Å². The molecule has 9 heteroatoms. The SMILES string of the molecule is C/C=C(\CO[Si](c1ccccc1)(c1ccccc1)C(C)(C)C)[C@@H](C)[C@@H](NC(=O)OC(C)(C)C)C(=O)N[C@@H](CC(C)C)C(=O)OC(C)(C)C. The Morgan fingerprint density at radius 3 is 1.62 bits per heavy atom. The zero-order valence-corrected chi connectivity index (χ0v) is 32.5. The van der Waals surface area contributed by atoms with Crippen molar-refractivity contribution in [1.82, 2.24) is 10.6 Å². The second-order valence-corrected chi connectivity index (χ2v) is 20.3. The molecule has 0 saturated heterocycles. The van der Waals surface area contributed by atoms with E-state index in [-0.39, 0.29) is 17.6 Å². The third-order valence-corrected chi connectivity index (χ3v) is 13.0. The van der Waals surface area contributed by atoms with Crippen LogP contribution >= 0.6 is 0 Å². The number of amides is 2. The summed E-state index contributed by atoms with van der Waals surface area (Å²) in [5.41, 5.74) is -0.674. The first-order valence-electron chi connectivity index (χ1n) is 17.0. The van der Waals surface area contributed by atoms with Crippen molar-refractivity contribution < 1.29 is 28.3 Å². The van der Waals surface area contributed by atoms with Crippen molar-refractivity contribution in [3.05, 3.63) is 72.3 Å². The molecular formula is C39H60N2O6Si. The fourth-order valence-electron chi connectivity index (χ4n) is 5.82. The number of hydrogen-bond donors (Lipinski definition) is 2. The standard InChI is InChI=1S/C39H60N2O6Si/c1-14-29(26-45-48(39(11,12)13,30-21-17-15-18-22-30)31-23-19-16-20-24-31)28(4)33(41-36(44)47-38(8,9)10)34(42)40-32(25-27(2)3)35(43)46-37(5,6)7/h14-24,27-28,32-33H,25-26H2,1-13H3,(H,40,42)(H,41,44)/b29-14+/t28-,32+,33-/m1/s1. The van der Waals surface area contributed by atoms with Gasteiger partial charge >= 0.3 is 12.1 Å². The van der Waals surface area contributed by atoms with Crippen molar-refractivity contribution in [2.75, 3.05) is 6.61 Å². The molecule has 2 aromatic rings. The Morgan fingerprint density at radius 2 is 1.23 bits per heavy atom. The number of allylic oxidation sites excluding steroid dienone is 1. The molecule has 0 spiro atoms. The van der Waals surface area contributed by atoms with E-state index in [0.29, 0.717) is 6.42 Å². The van der Waals surface area contributed by atoms with Crippen molar-refractivity contribution in [2.45, 2.75) is 125 Å². The fourth-order valence-corrected chi connectivity index (χ4v) is 10.4. The van der Waals surface area contributed by atoms with E-state index in [9.17, 15) is 14.4 Å². The molecule has 266 valence electrons. The van der Waals surface area contributed by atoms with Crippen molar-refractivity contribution in [2.24, 2.45) is 11.8 Å². The predicted octanol–water partition coefficient (Wildman–Crippen LogP) is 6.91. The van der Waals surface area contributed by atoms with Crippen LogP contribution < -0.4 is 21.0 Å². The predicted molar refractivity (Wildman–Crippen MR) is 197 cm³/mol. The zero-order chi connectivity index (χ0) is 36.5. The van der Waals surface area contributed by atoms with Crippen LogP contribution in [0, 0.1) is 11.8 Å². The van der Waals surface area contributed by atoms with Crippen molar-refractivity contribution in [1.29, 1.82) is 0 Å². The monoisotopic (exact) mass is 680 g/mol. The molecule has 2 amide bonds. The number of rotatable bonds is 13. The zero-order valence-electron chi connectivity index (χ0n) is 31.5. The largest absolute Gasteiger partial charge is 0.458 e. The first-order valence-corrected chi connectivity index (χ1v) is 18.9. The average Bonchev–Trinajstić information content (AvgIpc) is 2.96. The maximum Gasteiger partial charge on any atom is 0.408 e. The first-order chi connectivity index (χ1) is 22.1. The number of carbonyl (C=O) groups is 3. The van der Waals surface area contributed by atoms with Gasteiger partial charge in [0.25, 0.3) is 8.32 Å². The summed E-state index contributed by atoms with van der Waals surface area (Å²) < 4.78 is 18.4. The molecule has 0 aliphatic heterocycles. The van der Waals surface area contributed by atoms with Gasteiger partial charge in [-0.2, -0.15) is 0 Å². The van der Waals surface area contributed by atoms with Gasteiger partial charge in [0.1, 0.15) is 23.3 Å². The number of ether oxygens (including phenoxy) is 2. The molecule has 0 saturated carbocycles. The molecule has 2 aromatic carbocycles. The van der Waals surface area contributed by atoms with Crippen LogP contribution in [0.1, 0.15) is 96.4 Å². The Labute approximate surface area is 290 Å². The Bertz CT molecular complexity index is 1330. The number of hydrogen-bond acceptors (Lipinski definition) is 6. The number of esters is 1. The summed E-state index contributed by atoms with van der Waals surface area (Å²) in [4.78, 5) is 40.5. The number of benzene rings is 2. The number of nitrogens with one attached hydrogen (secondary N) is 2. The summed E-state index contributed by atoms with van der Waals surface area (Å²) >= 11 is 0. The minimum atomic E-state index is -2.90. The topological polar surface area (TPSA) is 103 Å². The highest BCUT2D eigenvalue weighted by atomic mass is 28.4. The Morgan fingerprint density at radius 1 is 0.750 bits per heavy atom. The lowest BCUT2D eigenvalue weighted by molar-refractivity contribution is -0.159. The lowest BCUT2D eigenvalue weighted by atomic mass is 9.92. The van der Waals surface area contributed by atoms with E-state index in [1.165, 1.54) is 0 Å². The molecule has 0 aromatic heterocycles. The molecule has 2 N–H and O–H groups in total. The second kappa shape index (κ2) is 16.8. The maximum atomic E-state index is 14.1. The number of carbonyl (C=O) groups excluding carboxylic acids is 3. The molecule has 48 heavy (non-hydrogen) atoms. The summed E-state index contributed by atoms with van der Waals surface area (Å²) in [5, 5.41) is 7.75. The van der Waals surface area contributed by atoms with Gasteiger partial charge < -0.3 is 24.5 Å². The molecule has 0 aliphatic carbocycles. The highest BCUT2D eigenvalue weighted by molar-refractivity contribution is 6.99. The van der Waals surface area contributed by atoms with Gasteiger partial charge in [-0.15, -0.1) is 0 Å². The molecule has 0 heterocycles. The Balaban J connectivity index is 2.54. The highest BCUT2D eigenvalue weighted by Gasteiger charge is 2.50. The minimum absolute atomic E-state index is 0.100. The summed E-state index contributed by atoms with van der Waals surface area (Å²) in [6.45, 7) is 25.3. The van der Waals surface area contributed by atoms with Crippen LogP contribution in [0.5, 0.6) is 0 Å². The molecule has 8 nitrogen and oxygen atoms in total. The van der Waals surface area contributed by atoms with E-state index in [1.807, 2.05) is 70.2 Å². The lowest BCUT2D eigenvalue weighted by Gasteiger charge is -2.43. The van der Waals surface area contributed by atoms with Crippen molar-refractivity contribution >= 4 is 36.7 Å². The quantitative estimate of drug-likeness (QED) is 0.135. The number of alkyl carbamates (subject to hydrolysis) is 1. The van der Waals surface area contributed by atoms with Gasteiger partial charge in [-0.3, -0.25) is 4.79 Å². The summed E-state index contributed by atoms with van der Waals surface area (Å²) in [7, 11) is -2.90. The minimum Gasteiger partial charge on any atom is -0.458 e. The smallest absolute Gasteiger partial charge is 0.408 e. The van der Waals surface area contributed by atoms with Gasteiger partial charge in [0.2, 0.25) is 5.91 Å². The average molecular weight is 681 g/mol. The van der Waals surface area contributed by atoms with Crippen LogP contribution in [-0.2, 0) is 23.5 Å². The summed E-state index contributed by atoms with van der Waals surface area (Å²) in [5.74, 6) is -1.44. The van der Waals surface area contributed by atoms with E-state index in [2.05, 4.69) is 55.7 Å². The van der Waals surface area contributed by atoms with Gasteiger partial charge in [0.05, 0.1) is 6.61 Å². The Kier molecular flexibility index (Phi) is 14.3. The molecule has 0 radical (unpaired) electrons. The van der Waals surface area contributed by atoms with Gasteiger partial charge in [-0.1, -0.05) is 108 Å². The highest BCUT2D eigenvalue weighted by Crippen LogP contribution is 2.37. The van der Waals surface area contributed by atoms with Crippen molar-refractivity contribution in [3.63, 3.8) is 0 Å². The van der Waals surface area contributed by atoms with Crippen LogP contribution in [0.15, 0.2) is 72.3 Å². The normalized spacial score (nSPS) is 14.9. The third kappa shape index (κ3) is 11.6. The first kappa shape index (κ1) is 40.7. The molecular weight excluding hydrogens is 621 g/mol. The molecule has 0 bridgehead atoms. The van der Waals surface area contributed by atoms with Crippen LogP contribution in [0.4, 0.5) is 4.79 Å². The van der Waals surface area contributed by atoms with E-state index >= 15 is 0 Å². The van der Waals surface area contributed by atoms with Crippen LogP contribution in [0.25, 0.3) is 0 Å². The van der Waals surface area contributed by atoms with E-state index in [0.717, 1.165) is 15.9 Å². The third-order valence-electron chi connectivity index (χ3n) is 8.00. The summed E-state index contributed by atoms with van der Waals surface area (Å²) in [6, 6.07) is 18.7. The van der Waals surface area contributed by atoms with E-state index in [4.69, 9.17) is 13.9 Å². The molecule has 3 atom stereocenters. The van der Waals surface area contributed by atoms with Crippen LogP contribution in [0.2, 0.25) is 5.04 Å². The maximum absolute atomic E-state index is 14.1. The lowest BCUT2D eigenvalue weighted by Crippen LogP contribution is -2.66. The van der Waals surface area contributed by atoms with E-state index < -0.39 is 55.5 Å². The molecule has 2 rings (SSSR count). The van der Waals surface area contributed by atoms with Gasteiger partial charge in [-0.05, 0) is 81.8 Å². The fraction of sp³-hybridized carbons (Fsp3) is 0.564. The second-order valence-electron chi connectivity index (χ2n) is 16.0. The molecule has 0 aliphatic rings. The van der Waals surface area contributed by atoms with Gasteiger partial charge in [0, 0.05) is 5.92 Å². The molecule has 0 fully saturated rings. The Hall–Kier alpha value is -3.43. The van der Waals surface area contributed by atoms with E-state index in [1.54, 1.807) is 41.5 Å². The van der Waals surface area contributed by atoms with Crippen molar-refractivity contribution in [3.8, 4) is 0 Å². The summed E-state index contributed by atoms with van der Waals surface area (Å²) in [6.07, 6.45) is 1.59. The van der Waals surface area contributed by atoms with Crippen LogP contribution in [-0.4, -0.2) is 56.2 Å². The molecule has 0 unspecified atom stereocenters. The van der Waals surface area contributed by atoms with Gasteiger partial charge in [-0.25, -0.2) is 9.59 Å². The van der Waals surface area contributed by atoms with Crippen LogP contribution in [0.3, 0.4) is 0 Å².